The number of furan rings is 1. The second kappa shape index (κ2) is 13.4. The molecular formula is C54H34OS. The molecule has 0 amide bonds. The molecule has 262 valence electrons. The van der Waals surface area contributed by atoms with E-state index in [0.717, 1.165) is 12.1 Å². The molecule has 0 radical (unpaired) electrons. The van der Waals surface area contributed by atoms with Gasteiger partial charge in [-0.2, -0.15) is 0 Å². The highest BCUT2D eigenvalue weighted by Crippen LogP contribution is 2.47. The molecule has 0 aliphatic rings. The van der Waals surface area contributed by atoms with Crippen LogP contribution in [-0.4, -0.2) is 0 Å². The molecule has 0 fully saturated rings. The van der Waals surface area contributed by atoms with Crippen molar-refractivity contribution < 1.29 is 46.9 Å². The van der Waals surface area contributed by atoms with Gasteiger partial charge in [-0.05, 0) is 115 Å². The summed E-state index contributed by atoms with van der Waals surface area (Å²) in [7, 11) is 0. The Balaban J connectivity index is 1.33. The van der Waals surface area contributed by atoms with E-state index in [1.54, 1.807) is 0 Å². The van der Waals surface area contributed by atoms with Crippen molar-refractivity contribution in [3.63, 3.8) is 0 Å². The Kier molecular flexibility index (Phi) is 3.33. The van der Waals surface area contributed by atoms with Crippen LogP contribution in [0.4, 0.5) is 0 Å². The SMILES string of the molecule is [2H]c1c([2H])c([2H])c(-c2cc(-c3c([2H])c([2H])c([2H])c(-c4c([2H])c([2H])c([2H])c([2H])c4[2H])c3[2H])cc(-c3c([2H])c([2H])c([2H])c4sc5c(-c6c([2H])c(-c7c([2H])c([2H])c([2H])c([2H])c7[2H])c7c(oc8c([2H])c([2H])c([2H])c([2H])c87)c6[2H])c([2H])c([2H])c([2H])c5c34)c2)c([2H])c1[2H]. The van der Waals surface area contributed by atoms with E-state index in [0.29, 0.717) is 11.3 Å². The molecular weight excluding hydrogens is 697 g/mol. The van der Waals surface area contributed by atoms with Crippen LogP contribution in [0.25, 0.3) is 109 Å². The summed E-state index contributed by atoms with van der Waals surface area (Å²) in [6, 6.07) is -22.9. The molecule has 2 heteroatoms. The van der Waals surface area contributed by atoms with Crippen molar-refractivity contribution in [2.45, 2.75) is 0 Å². The van der Waals surface area contributed by atoms with Crippen LogP contribution in [0, 0.1) is 0 Å². The molecule has 0 aliphatic heterocycles. The van der Waals surface area contributed by atoms with Crippen LogP contribution in [-0.2, 0) is 0 Å². The lowest BCUT2D eigenvalue weighted by Gasteiger charge is -2.13. The Hall–Kier alpha value is -7.00. The molecule has 0 unspecified atom stereocenters. The van der Waals surface area contributed by atoms with Crippen molar-refractivity contribution >= 4 is 53.4 Å². The van der Waals surface area contributed by atoms with Gasteiger partial charge in [-0.15, -0.1) is 11.3 Å². The van der Waals surface area contributed by atoms with E-state index in [1.807, 2.05) is 0 Å². The van der Waals surface area contributed by atoms with Gasteiger partial charge in [0.2, 0.25) is 0 Å². The average molecular weight is 762 g/mol. The van der Waals surface area contributed by atoms with Crippen molar-refractivity contribution in [3.05, 3.63) is 206 Å². The molecule has 0 aliphatic carbocycles. The van der Waals surface area contributed by atoms with Gasteiger partial charge in [-0.3, -0.25) is 0 Å². The summed E-state index contributed by atoms with van der Waals surface area (Å²) in [5, 5.41) is -1.64. The molecule has 0 saturated heterocycles. The summed E-state index contributed by atoms with van der Waals surface area (Å²) in [6.45, 7) is 0. The van der Waals surface area contributed by atoms with E-state index >= 15 is 0 Å². The van der Waals surface area contributed by atoms with E-state index in [9.17, 15) is 13.7 Å². The maximum absolute atomic E-state index is 10.0. The fraction of sp³-hybridized carbons (Fsp3) is 0. The predicted molar refractivity (Wildman–Crippen MR) is 239 cm³/mol. The lowest BCUT2D eigenvalue weighted by atomic mass is 9.90. The van der Waals surface area contributed by atoms with Crippen molar-refractivity contribution in [2.75, 3.05) is 0 Å². The highest BCUT2D eigenvalue weighted by molar-refractivity contribution is 7.26. The lowest BCUT2D eigenvalue weighted by molar-refractivity contribution is 0.669. The van der Waals surface area contributed by atoms with Gasteiger partial charge in [0.05, 0.1) is 42.5 Å². The monoisotopic (exact) mass is 761 g/mol. The van der Waals surface area contributed by atoms with Gasteiger partial charge >= 0.3 is 0 Å². The largest absolute Gasteiger partial charge is 0.456 e. The Labute approximate surface area is 372 Å². The third-order valence-electron chi connectivity index (χ3n) is 8.87. The zero-order valence-electron chi connectivity index (χ0n) is 59.0. The van der Waals surface area contributed by atoms with Crippen LogP contribution in [0.2, 0.25) is 0 Å². The topological polar surface area (TPSA) is 13.1 Å². The van der Waals surface area contributed by atoms with Crippen molar-refractivity contribution in [1.82, 2.24) is 0 Å². The van der Waals surface area contributed by atoms with E-state index in [-0.39, 0.29) is 31.5 Å². The third kappa shape index (κ3) is 5.54. The van der Waals surface area contributed by atoms with Gasteiger partial charge in [0.25, 0.3) is 0 Å². The Bertz CT molecular complexity index is 4970. The van der Waals surface area contributed by atoms with Crippen LogP contribution in [0.3, 0.4) is 0 Å². The zero-order valence-corrected chi connectivity index (χ0v) is 28.9. The molecule has 56 heavy (non-hydrogen) atoms. The van der Waals surface area contributed by atoms with Gasteiger partial charge < -0.3 is 4.42 Å². The Morgan fingerprint density at radius 2 is 0.893 bits per heavy atom. The normalized spacial score (nSPS) is 19.3. The molecule has 2 heterocycles. The molecule has 0 saturated carbocycles. The molecule has 1 nitrogen and oxygen atoms in total. The highest BCUT2D eigenvalue weighted by Gasteiger charge is 2.19. The van der Waals surface area contributed by atoms with E-state index in [1.165, 1.54) is 6.07 Å². The Morgan fingerprint density at radius 1 is 0.339 bits per heavy atom. The number of hydrogen-bond donors (Lipinski definition) is 0. The van der Waals surface area contributed by atoms with Gasteiger partial charge in [-0.25, -0.2) is 0 Å². The van der Waals surface area contributed by atoms with E-state index in [2.05, 4.69) is 0 Å². The maximum Gasteiger partial charge on any atom is 0.136 e. The van der Waals surface area contributed by atoms with Crippen LogP contribution in [0.5, 0.6) is 0 Å². The van der Waals surface area contributed by atoms with Crippen LogP contribution < -0.4 is 0 Å². The minimum atomic E-state index is -0.937. The molecule has 9 aromatic carbocycles. The predicted octanol–water partition coefficient (Wildman–Crippen LogP) is 16.0. The number of benzene rings is 9. The average Bonchev–Trinajstić information content (AvgIpc) is 1.65. The van der Waals surface area contributed by atoms with Gasteiger partial charge in [0.15, 0.2) is 0 Å². The molecule has 0 bridgehead atoms. The lowest BCUT2D eigenvalue weighted by Crippen LogP contribution is -1.88. The number of thiophene rings is 1. The number of fused-ring (bicyclic) bond motifs is 6. The van der Waals surface area contributed by atoms with E-state index < -0.39 is 265 Å². The fourth-order valence-corrected chi connectivity index (χ4v) is 7.60. The number of rotatable bonds is 6. The first-order valence-electron chi connectivity index (χ1n) is 32.0. The van der Waals surface area contributed by atoms with Crippen LogP contribution in [0.1, 0.15) is 42.5 Å². The summed E-state index contributed by atoms with van der Waals surface area (Å²) in [4.78, 5) is 0. The van der Waals surface area contributed by atoms with Gasteiger partial charge in [0.1, 0.15) is 11.2 Å². The van der Waals surface area contributed by atoms with Crippen molar-refractivity contribution in [3.8, 4) is 66.8 Å². The van der Waals surface area contributed by atoms with Gasteiger partial charge in [0, 0.05) is 30.9 Å². The zero-order chi connectivity index (χ0) is 64.0. The number of hydrogen-bond acceptors (Lipinski definition) is 2. The molecule has 0 spiro atoms. The van der Waals surface area contributed by atoms with Crippen LogP contribution >= 0.6 is 11.3 Å². The smallest absolute Gasteiger partial charge is 0.136 e. The van der Waals surface area contributed by atoms with Crippen LogP contribution in [0.15, 0.2) is 210 Å². The highest BCUT2D eigenvalue weighted by atomic mass is 32.1. The standard InChI is InChI=1S/C54H34OS/c1-4-15-35(16-5-1)38-21-12-22-39(29-38)41-30-40(36-17-6-2-7-18-36)31-42(32-41)44-24-14-28-51-53(44)47-26-13-25-45(54(47)56-51)43-33-48(37-19-8-3-9-20-37)52-46-23-10-11-27-49(46)55-50(52)34-43/h1-34H/i1D,2D,3D,4D,5D,6D,7D,8D,9D,10D,11D,12D,13D,14D,15D,16D,17D,18D,19D,20D,21D,22D,23D,24D,25D,26D,27D,28D,29D,33D,34D. The van der Waals surface area contributed by atoms with Crippen molar-refractivity contribution in [1.29, 1.82) is 0 Å². The summed E-state index contributed by atoms with van der Waals surface area (Å²) in [5.74, 6) is 0. The summed E-state index contributed by atoms with van der Waals surface area (Å²) < 4.78 is 283. The third-order valence-corrected chi connectivity index (χ3v) is 9.99. The number of para-hydroxylation sites is 1. The molecule has 11 aromatic rings. The minimum absolute atomic E-state index is 0.272. The summed E-state index contributed by atoms with van der Waals surface area (Å²) in [5.41, 5.74) is -7.77. The molecule has 0 atom stereocenters. The quantitative estimate of drug-likeness (QED) is 0.164. The van der Waals surface area contributed by atoms with E-state index in [4.69, 9.17) is 33.2 Å². The second-order valence-electron chi connectivity index (χ2n) is 12.1. The van der Waals surface area contributed by atoms with Gasteiger partial charge in [-0.1, -0.05) is 157 Å². The molecule has 11 rings (SSSR count). The molecule has 2 aromatic heterocycles. The fourth-order valence-electron chi connectivity index (χ4n) is 6.48. The molecule has 0 N–H and O–H groups in total. The Morgan fingerprint density at radius 3 is 1.66 bits per heavy atom. The minimum Gasteiger partial charge on any atom is -0.456 e. The first-order chi connectivity index (χ1) is 40.6. The maximum atomic E-state index is 10.0. The second-order valence-corrected chi connectivity index (χ2v) is 13.1. The van der Waals surface area contributed by atoms with Crippen molar-refractivity contribution in [2.24, 2.45) is 0 Å². The first kappa shape index (κ1) is 13.9. The summed E-state index contributed by atoms with van der Waals surface area (Å²) in [6.07, 6.45) is 0. The summed E-state index contributed by atoms with van der Waals surface area (Å²) >= 11 is 0.560. The first-order valence-corrected chi connectivity index (χ1v) is 17.4.